The summed E-state index contributed by atoms with van der Waals surface area (Å²) in [7, 11) is 0. The number of hydrogen-bond acceptors (Lipinski definition) is 0. The van der Waals surface area contributed by atoms with Gasteiger partial charge in [-0.15, -0.1) is 0 Å². The van der Waals surface area contributed by atoms with Crippen molar-refractivity contribution in [2.75, 3.05) is 0 Å². The predicted molar refractivity (Wildman–Crippen MR) is 281 cm³/mol. The van der Waals surface area contributed by atoms with Gasteiger partial charge >= 0.3 is 0 Å². The third-order valence-corrected chi connectivity index (χ3v) is 10.6. The first-order valence-electron chi connectivity index (χ1n) is 22.5. The van der Waals surface area contributed by atoms with E-state index in [9.17, 15) is 0 Å². The Morgan fingerprint density at radius 2 is 1.13 bits per heavy atom. The molecule has 1 aliphatic carbocycles. The van der Waals surface area contributed by atoms with E-state index in [0.29, 0.717) is 0 Å². The molecule has 0 saturated carbocycles. The van der Waals surface area contributed by atoms with Crippen molar-refractivity contribution in [3.63, 3.8) is 0 Å². The second kappa shape index (κ2) is 26.9. The standard InChI is InChI=1S/C38H40.C20H20.2C2H6/c1-7-13-36(27(2)3)38-26-35(21-18-29(38)5)33(24-30(6)37-17-12-11-14-28(37)4)22-19-31-20-23-34(25-31)32-15-9-8-10-16-32;1-16(14-17(2)19-10-6-4-7-11-19)15-18(3)20-12-8-5-9-13-20;2*1-2/h7-18,20-21,23-24,26H,6,19,22,25H2,1-5H3;4-15H,2H2,1,3H3;2*1-2H3/b13-7-,33-24+;16-14-,18-15+;;. The summed E-state index contributed by atoms with van der Waals surface area (Å²) >= 11 is 0. The molecule has 0 heterocycles. The molecular formula is C62H72. The molecule has 0 spiro atoms. The fourth-order valence-corrected chi connectivity index (χ4v) is 7.40. The van der Waals surface area contributed by atoms with E-state index in [0.717, 1.165) is 36.0 Å². The summed E-state index contributed by atoms with van der Waals surface area (Å²) in [5, 5.41) is 0. The lowest BCUT2D eigenvalue weighted by Gasteiger charge is -2.16. The minimum Gasteiger partial charge on any atom is -0.0912 e. The van der Waals surface area contributed by atoms with E-state index in [2.05, 4.69) is 213 Å². The normalized spacial score (nSPS) is 12.4. The molecule has 320 valence electrons. The SMILES string of the molecule is C=C(/C=C(C)\C=C(/C)c1ccccc1)c1ccccc1.C=C(/C=C(\CCC1=CC=C(c2ccccc2)C1)c1ccc(C)c(C(/C=C\C)=C(C)C)c1)c1ccccc1C.CC.CC. The highest BCUT2D eigenvalue weighted by Crippen LogP contribution is 2.35. The maximum atomic E-state index is 4.49. The van der Waals surface area contributed by atoms with Crippen molar-refractivity contribution in [3.05, 3.63) is 250 Å². The van der Waals surface area contributed by atoms with E-state index >= 15 is 0 Å². The van der Waals surface area contributed by atoms with Gasteiger partial charge in [0.15, 0.2) is 0 Å². The van der Waals surface area contributed by atoms with Crippen LogP contribution >= 0.6 is 0 Å². The molecule has 0 amide bonds. The van der Waals surface area contributed by atoms with Crippen LogP contribution in [0.1, 0.15) is 126 Å². The quantitative estimate of drug-likeness (QED) is 0.104. The van der Waals surface area contributed by atoms with Crippen molar-refractivity contribution >= 4 is 33.4 Å². The summed E-state index contributed by atoms with van der Waals surface area (Å²) in [5.74, 6) is 0. The number of aryl methyl sites for hydroxylation is 2. The molecule has 0 aliphatic heterocycles. The fraction of sp³-hybridized carbons (Fsp3) is 0.226. The fourth-order valence-electron chi connectivity index (χ4n) is 7.40. The zero-order valence-electron chi connectivity index (χ0n) is 39.8. The third-order valence-electron chi connectivity index (χ3n) is 10.6. The van der Waals surface area contributed by atoms with Crippen LogP contribution in [-0.4, -0.2) is 0 Å². The van der Waals surface area contributed by atoms with Crippen molar-refractivity contribution in [3.8, 4) is 0 Å². The molecular weight excluding hydrogens is 745 g/mol. The van der Waals surface area contributed by atoms with E-state index in [4.69, 9.17) is 0 Å². The Hall–Kier alpha value is -6.24. The van der Waals surface area contributed by atoms with Crippen LogP contribution in [0, 0.1) is 13.8 Å². The minimum absolute atomic E-state index is 0.975. The van der Waals surface area contributed by atoms with Gasteiger partial charge in [-0.2, -0.15) is 0 Å². The third kappa shape index (κ3) is 15.3. The van der Waals surface area contributed by atoms with E-state index in [1.54, 1.807) is 0 Å². The first-order chi connectivity index (χ1) is 30.0. The van der Waals surface area contributed by atoms with Gasteiger partial charge in [0.2, 0.25) is 0 Å². The monoisotopic (exact) mass is 817 g/mol. The molecule has 0 bridgehead atoms. The van der Waals surface area contributed by atoms with Crippen molar-refractivity contribution in [1.29, 1.82) is 0 Å². The smallest absolute Gasteiger partial charge is 0.00579 e. The first-order valence-corrected chi connectivity index (χ1v) is 22.5. The number of rotatable bonds is 13. The van der Waals surface area contributed by atoms with Crippen LogP contribution in [0.15, 0.2) is 206 Å². The Morgan fingerprint density at radius 3 is 1.73 bits per heavy atom. The lowest BCUT2D eigenvalue weighted by Crippen LogP contribution is -1.95. The summed E-state index contributed by atoms with van der Waals surface area (Å²) in [6.45, 7) is 31.7. The molecule has 0 atom stereocenters. The van der Waals surface area contributed by atoms with Gasteiger partial charge in [-0.05, 0) is 152 Å². The molecule has 5 aromatic rings. The van der Waals surface area contributed by atoms with E-state index in [1.807, 2.05) is 52.0 Å². The first kappa shape index (κ1) is 50.1. The molecule has 0 fully saturated rings. The molecule has 0 nitrogen and oxygen atoms in total. The second-order valence-electron chi connectivity index (χ2n) is 15.5. The molecule has 0 unspecified atom stereocenters. The zero-order chi connectivity index (χ0) is 45.4. The van der Waals surface area contributed by atoms with Crippen LogP contribution in [-0.2, 0) is 0 Å². The van der Waals surface area contributed by atoms with Crippen molar-refractivity contribution in [1.82, 2.24) is 0 Å². The van der Waals surface area contributed by atoms with Gasteiger partial charge in [0, 0.05) is 0 Å². The summed E-state index contributed by atoms with van der Waals surface area (Å²) in [6.07, 6.45) is 18.7. The molecule has 5 aromatic carbocycles. The van der Waals surface area contributed by atoms with Gasteiger partial charge < -0.3 is 0 Å². The van der Waals surface area contributed by atoms with Gasteiger partial charge in [-0.25, -0.2) is 0 Å². The van der Waals surface area contributed by atoms with Crippen LogP contribution in [0.5, 0.6) is 0 Å². The van der Waals surface area contributed by atoms with Crippen molar-refractivity contribution < 1.29 is 0 Å². The molecule has 0 aromatic heterocycles. The molecule has 0 saturated heterocycles. The average Bonchev–Trinajstić information content (AvgIpc) is 3.79. The predicted octanol–water partition coefficient (Wildman–Crippen LogP) is 18.8. The minimum atomic E-state index is 0.975. The van der Waals surface area contributed by atoms with Crippen LogP contribution < -0.4 is 0 Å². The Bertz CT molecular complexity index is 2410. The maximum Gasteiger partial charge on any atom is -0.00579 e. The highest BCUT2D eigenvalue weighted by atomic mass is 14.2. The van der Waals surface area contributed by atoms with Gasteiger partial charge in [0.05, 0.1) is 0 Å². The van der Waals surface area contributed by atoms with E-state index < -0.39 is 0 Å². The molecule has 0 N–H and O–H groups in total. The largest absolute Gasteiger partial charge is 0.0912 e. The maximum absolute atomic E-state index is 4.49. The van der Waals surface area contributed by atoms with Crippen LogP contribution in [0.3, 0.4) is 0 Å². The van der Waals surface area contributed by atoms with Crippen LogP contribution in [0.2, 0.25) is 0 Å². The van der Waals surface area contributed by atoms with Crippen LogP contribution in [0.4, 0.5) is 0 Å². The second-order valence-corrected chi connectivity index (χ2v) is 15.5. The van der Waals surface area contributed by atoms with Gasteiger partial charge in [0.1, 0.15) is 0 Å². The lowest BCUT2D eigenvalue weighted by molar-refractivity contribution is 0.967. The highest BCUT2D eigenvalue weighted by molar-refractivity contribution is 5.86. The molecule has 6 rings (SSSR count). The Morgan fingerprint density at radius 1 is 0.565 bits per heavy atom. The van der Waals surface area contributed by atoms with Gasteiger partial charge in [-0.1, -0.05) is 227 Å². The molecule has 62 heavy (non-hydrogen) atoms. The Balaban J connectivity index is 0.000000359. The molecule has 0 heteroatoms. The van der Waals surface area contributed by atoms with Gasteiger partial charge in [0.25, 0.3) is 0 Å². The van der Waals surface area contributed by atoms with Crippen LogP contribution in [0.25, 0.3) is 33.4 Å². The number of benzene rings is 5. The van der Waals surface area contributed by atoms with Crippen molar-refractivity contribution in [2.45, 2.75) is 95.4 Å². The summed E-state index contributed by atoms with van der Waals surface area (Å²) in [4.78, 5) is 0. The average molecular weight is 817 g/mol. The van der Waals surface area contributed by atoms with E-state index in [-0.39, 0.29) is 0 Å². The summed E-state index contributed by atoms with van der Waals surface area (Å²) < 4.78 is 0. The molecule has 1 aliphatic rings. The Labute approximate surface area is 377 Å². The van der Waals surface area contributed by atoms with Gasteiger partial charge in [-0.3, -0.25) is 0 Å². The number of hydrogen-bond donors (Lipinski definition) is 0. The summed E-state index contributed by atoms with van der Waals surface area (Å²) in [6, 6.07) is 46.9. The number of allylic oxidation sites excluding steroid dienone is 16. The Kier molecular flexibility index (Phi) is 21.7. The molecule has 0 radical (unpaired) electrons. The lowest BCUT2D eigenvalue weighted by atomic mass is 9.89. The topological polar surface area (TPSA) is 0 Å². The van der Waals surface area contributed by atoms with E-state index in [1.165, 1.54) is 78.0 Å². The highest BCUT2D eigenvalue weighted by Gasteiger charge is 2.14. The van der Waals surface area contributed by atoms with Crippen molar-refractivity contribution in [2.24, 2.45) is 0 Å². The summed E-state index contributed by atoms with van der Waals surface area (Å²) in [5.41, 5.74) is 21.5. The zero-order valence-corrected chi connectivity index (χ0v) is 39.8.